The molecule has 0 bridgehead atoms. The lowest BCUT2D eigenvalue weighted by Crippen LogP contribution is -2.29. The first-order valence-corrected chi connectivity index (χ1v) is 8.17. The van der Waals surface area contributed by atoms with E-state index in [0.29, 0.717) is 18.5 Å². The number of nitrogens with zero attached hydrogens (tertiary/aromatic N) is 1. The minimum atomic E-state index is -0.834. The molecule has 24 heavy (non-hydrogen) atoms. The molecule has 4 heteroatoms. The van der Waals surface area contributed by atoms with Crippen LogP contribution in [0.4, 0.5) is 0 Å². The maximum Gasteiger partial charge on any atom is 0.303 e. The van der Waals surface area contributed by atoms with E-state index in [9.17, 15) is 9.59 Å². The van der Waals surface area contributed by atoms with Crippen LogP contribution in [0.25, 0.3) is 0 Å². The standard InChI is InChI=1S/C20H23NO3/c1-21(15-7-12-19(22)23)20(24)18-11-6-5-10-17(18)14-13-16-8-3-2-4-9-16/h2-6,8-11H,7,12-15H2,1H3,(H,22,23). The van der Waals surface area contributed by atoms with Gasteiger partial charge >= 0.3 is 5.97 Å². The van der Waals surface area contributed by atoms with Gasteiger partial charge in [-0.2, -0.15) is 0 Å². The van der Waals surface area contributed by atoms with Crippen molar-refractivity contribution < 1.29 is 14.7 Å². The van der Waals surface area contributed by atoms with Crippen molar-refractivity contribution in [2.24, 2.45) is 0 Å². The summed E-state index contributed by atoms with van der Waals surface area (Å²) in [4.78, 5) is 24.8. The van der Waals surface area contributed by atoms with Crippen molar-refractivity contribution in [2.45, 2.75) is 25.7 Å². The van der Waals surface area contributed by atoms with Crippen LogP contribution in [0.15, 0.2) is 54.6 Å². The first-order valence-electron chi connectivity index (χ1n) is 8.17. The number of hydrogen-bond donors (Lipinski definition) is 1. The number of carboxylic acids is 1. The van der Waals surface area contributed by atoms with Crippen molar-refractivity contribution in [3.8, 4) is 0 Å². The maximum absolute atomic E-state index is 12.6. The highest BCUT2D eigenvalue weighted by Crippen LogP contribution is 2.15. The smallest absolute Gasteiger partial charge is 0.303 e. The molecule has 2 aromatic carbocycles. The van der Waals surface area contributed by atoms with E-state index in [0.717, 1.165) is 18.4 Å². The highest BCUT2D eigenvalue weighted by atomic mass is 16.4. The van der Waals surface area contributed by atoms with Gasteiger partial charge in [-0.1, -0.05) is 48.5 Å². The number of carboxylic acid groups (broad SMARTS) is 1. The van der Waals surface area contributed by atoms with Gasteiger partial charge in [-0.15, -0.1) is 0 Å². The van der Waals surface area contributed by atoms with Gasteiger partial charge in [0.05, 0.1) is 0 Å². The average molecular weight is 325 g/mol. The van der Waals surface area contributed by atoms with Gasteiger partial charge in [-0.05, 0) is 36.5 Å². The van der Waals surface area contributed by atoms with E-state index >= 15 is 0 Å². The zero-order chi connectivity index (χ0) is 17.4. The minimum Gasteiger partial charge on any atom is -0.481 e. The van der Waals surface area contributed by atoms with Gasteiger partial charge in [-0.25, -0.2) is 0 Å². The van der Waals surface area contributed by atoms with Crippen LogP contribution < -0.4 is 0 Å². The Labute approximate surface area is 142 Å². The summed E-state index contributed by atoms with van der Waals surface area (Å²) in [6.45, 7) is 0.443. The Morgan fingerprint density at radius 2 is 1.62 bits per heavy atom. The van der Waals surface area contributed by atoms with E-state index in [4.69, 9.17) is 5.11 Å². The third kappa shape index (κ3) is 5.23. The Balaban J connectivity index is 2.01. The molecule has 0 heterocycles. The van der Waals surface area contributed by atoms with Crippen molar-refractivity contribution in [1.29, 1.82) is 0 Å². The molecule has 0 aliphatic carbocycles. The zero-order valence-corrected chi connectivity index (χ0v) is 13.9. The number of aliphatic carboxylic acids is 1. The third-order valence-electron chi connectivity index (χ3n) is 4.00. The SMILES string of the molecule is CN(CCCC(=O)O)C(=O)c1ccccc1CCc1ccccc1. The van der Waals surface area contributed by atoms with Crippen molar-refractivity contribution in [2.75, 3.05) is 13.6 Å². The van der Waals surface area contributed by atoms with Crippen LogP contribution in [0.3, 0.4) is 0 Å². The molecular formula is C20H23NO3. The van der Waals surface area contributed by atoms with Crippen LogP contribution in [0, 0.1) is 0 Å². The molecule has 0 spiro atoms. The van der Waals surface area contributed by atoms with Crippen LogP contribution in [-0.4, -0.2) is 35.5 Å². The molecule has 0 aliphatic heterocycles. The molecule has 2 rings (SSSR count). The Morgan fingerprint density at radius 3 is 2.33 bits per heavy atom. The molecule has 1 amide bonds. The molecule has 0 saturated carbocycles. The van der Waals surface area contributed by atoms with Crippen LogP contribution in [0.5, 0.6) is 0 Å². The minimum absolute atomic E-state index is 0.0518. The number of benzene rings is 2. The number of carbonyl (C=O) groups is 2. The van der Waals surface area contributed by atoms with Crippen molar-refractivity contribution in [1.82, 2.24) is 4.90 Å². The van der Waals surface area contributed by atoms with Gasteiger partial charge in [-0.3, -0.25) is 9.59 Å². The fourth-order valence-electron chi connectivity index (χ4n) is 2.65. The van der Waals surface area contributed by atoms with Gasteiger partial charge in [0.2, 0.25) is 0 Å². The van der Waals surface area contributed by atoms with Crippen LogP contribution >= 0.6 is 0 Å². The molecule has 0 atom stereocenters. The van der Waals surface area contributed by atoms with E-state index in [-0.39, 0.29) is 12.3 Å². The van der Waals surface area contributed by atoms with E-state index in [2.05, 4.69) is 12.1 Å². The summed E-state index contributed by atoms with van der Waals surface area (Å²) < 4.78 is 0. The molecule has 126 valence electrons. The first-order chi connectivity index (χ1) is 11.6. The lowest BCUT2D eigenvalue weighted by atomic mass is 9.99. The average Bonchev–Trinajstić information content (AvgIpc) is 2.60. The summed E-state index contributed by atoms with van der Waals surface area (Å²) in [7, 11) is 1.72. The van der Waals surface area contributed by atoms with Crippen molar-refractivity contribution >= 4 is 11.9 Å². The van der Waals surface area contributed by atoms with Crippen LogP contribution in [0.2, 0.25) is 0 Å². The predicted molar refractivity (Wildman–Crippen MR) is 94.1 cm³/mol. The van der Waals surface area contributed by atoms with Gasteiger partial charge in [0.1, 0.15) is 0 Å². The van der Waals surface area contributed by atoms with Crippen LogP contribution in [-0.2, 0) is 17.6 Å². The van der Waals surface area contributed by atoms with E-state index in [1.807, 2.05) is 42.5 Å². The molecule has 0 unspecified atom stereocenters. The lowest BCUT2D eigenvalue weighted by Gasteiger charge is -2.18. The van der Waals surface area contributed by atoms with Gasteiger partial charge in [0, 0.05) is 25.6 Å². The summed E-state index contributed by atoms with van der Waals surface area (Å²) >= 11 is 0. The summed E-state index contributed by atoms with van der Waals surface area (Å²) in [6.07, 6.45) is 2.22. The molecule has 0 radical (unpaired) electrons. The number of amides is 1. The highest BCUT2D eigenvalue weighted by molar-refractivity contribution is 5.95. The second-order valence-corrected chi connectivity index (χ2v) is 5.87. The van der Waals surface area contributed by atoms with E-state index in [1.54, 1.807) is 11.9 Å². The summed E-state index contributed by atoms with van der Waals surface area (Å²) in [5.41, 5.74) is 2.97. The predicted octanol–water partition coefficient (Wildman–Crippen LogP) is 3.41. The number of carbonyl (C=O) groups excluding carboxylic acids is 1. The van der Waals surface area contributed by atoms with Gasteiger partial charge < -0.3 is 10.0 Å². The fourth-order valence-corrected chi connectivity index (χ4v) is 2.65. The molecule has 0 saturated heterocycles. The van der Waals surface area contributed by atoms with Crippen LogP contribution in [0.1, 0.15) is 34.3 Å². The van der Waals surface area contributed by atoms with Crippen molar-refractivity contribution in [3.63, 3.8) is 0 Å². The quantitative estimate of drug-likeness (QED) is 0.809. The van der Waals surface area contributed by atoms with E-state index < -0.39 is 5.97 Å². The number of rotatable bonds is 8. The zero-order valence-electron chi connectivity index (χ0n) is 13.9. The monoisotopic (exact) mass is 325 g/mol. The second-order valence-electron chi connectivity index (χ2n) is 5.87. The first kappa shape index (κ1) is 17.7. The van der Waals surface area contributed by atoms with Gasteiger partial charge in [0.25, 0.3) is 5.91 Å². The maximum atomic E-state index is 12.6. The third-order valence-corrected chi connectivity index (χ3v) is 4.00. The lowest BCUT2D eigenvalue weighted by molar-refractivity contribution is -0.137. The fraction of sp³-hybridized carbons (Fsp3) is 0.300. The molecule has 0 fully saturated rings. The van der Waals surface area contributed by atoms with E-state index in [1.165, 1.54) is 5.56 Å². The molecule has 4 nitrogen and oxygen atoms in total. The Bertz CT molecular complexity index is 682. The van der Waals surface area contributed by atoms with Crippen molar-refractivity contribution in [3.05, 3.63) is 71.3 Å². The summed E-state index contributed by atoms with van der Waals surface area (Å²) in [6, 6.07) is 17.8. The molecule has 0 aliphatic rings. The summed E-state index contributed by atoms with van der Waals surface area (Å²) in [5, 5.41) is 8.70. The molecule has 0 aromatic heterocycles. The molecule has 2 aromatic rings. The molecular weight excluding hydrogens is 302 g/mol. The second kappa shape index (κ2) is 8.87. The topological polar surface area (TPSA) is 57.6 Å². The normalized spacial score (nSPS) is 10.4. The largest absolute Gasteiger partial charge is 0.481 e. The molecule has 1 N–H and O–H groups in total. The number of aryl methyl sites for hydroxylation is 2. The highest BCUT2D eigenvalue weighted by Gasteiger charge is 2.15. The Morgan fingerprint density at radius 1 is 0.958 bits per heavy atom. The Hall–Kier alpha value is -2.62. The number of hydrogen-bond acceptors (Lipinski definition) is 2. The van der Waals surface area contributed by atoms with Gasteiger partial charge in [0.15, 0.2) is 0 Å². The Kier molecular flexibility index (Phi) is 6.55. The summed E-state index contributed by atoms with van der Waals surface area (Å²) in [5.74, 6) is -0.886.